The van der Waals surface area contributed by atoms with E-state index >= 15 is 0 Å². The van der Waals surface area contributed by atoms with Crippen LogP contribution in [0.4, 0.5) is 0 Å². The summed E-state index contributed by atoms with van der Waals surface area (Å²) in [7, 11) is 1.46. The van der Waals surface area contributed by atoms with Crippen LogP contribution in [0.15, 0.2) is 158 Å². The van der Waals surface area contributed by atoms with Gasteiger partial charge in [0.05, 0.1) is 12.9 Å². The van der Waals surface area contributed by atoms with Crippen molar-refractivity contribution in [3.63, 3.8) is 0 Å². The summed E-state index contributed by atoms with van der Waals surface area (Å²) in [6, 6.07) is 24.2. The van der Waals surface area contributed by atoms with Crippen LogP contribution in [0.3, 0.4) is 0 Å². The monoisotopic (exact) mass is 1100 g/mol. The van der Waals surface area contributed by atoms with Crippen molar-refractivity contribution in [3.05, 3.63) is 208 Å². The molecule has 0 spiro atoms. The Bertz CT molecular complexity index is 4510. The molecule has 0 aliphatic heterocycles. The normalized spacial score (nSPS) is 11.4. The lowest BCUT2D eigenvalue weighted by molar-refractivity contribution is 0.316. The Kier molecular flexibility index (Phi) is 16.7. The largest absolute Gasteiger partial charge is 0.361 e. The standard InChI is InChI=1S/2C18H17N5O2.C12H15NO3S.C7H6N4O2/c2*1-22-16-14(10-19-11-21-16)17(24)23(18(22)25)8-4-5-12-9-20-15-7-3-2-6-13(12)15;1-17(14,15)16-8-4-5-10-9-13-12-7-3-2-6-11(10)12;1-11-5-4(2-8-3-9-5)6(12)10-7(11)13/h2*2-3,6-7,9-11,20H,4-5,8H2,1H3;2-3,6-7,9,13H,4-5,8H2,1H3;2-3H,1H3,(H,10,12,13). The third-order valence-electron chi connectivity index (χ3n) is 13.4. The summed E-state index contributed by atoms with van der Waals surface area (Å²) >= 11 is 0. The number of nitrogens with zero attached hydrogens (tertiary/aromatic N) is 11. The minimum atomic E-state index is -3.32. The Morgan fingerprint density at radius 2 is 0.863 bits per heavy atom. The van der Waals surface area contributed by atoms with Crippen LogP contribution in [0.25, 0.3) is 65.8 Å². The van der Waals surface area contributed by atoms with Crippen molar-refractivity contribution >= 4 is 75.9 Å². The molecule has 0 radical (unpaired) electrons. The van der Waals surface area contributed by atoms with Gasteiger partial charge in [-0.3, -0.25) is 46.4 Å². The van der Waals surface area contributed by atoms with Gasteiger partial charge >= 0.3 is 17.1 Å². The molecule has 25 heteroatoms. The van der Waals surface area contributed by atoms with Gasteiger partial charge in [0, 0.05) is 104 Å². The summed E-state index contributed by atoms with van der Waals surface area (Å²) in [5.74, 6) is 0. The van der Waals surface area contributed by atoms with Gasteiger partial charge in [0.1, 0.15) is 35.1 Å². The summed E-state index contributed by atoms with van der Waals surface area (Å²) in [6.45, 7) is 0.948. The van der Waals surface area contributed by atoms with Crippen LogP contribution in [0.5, 0.6) is 0 Å². The maximum absolute atomic E-state index is 12.6. The zero-order valence-corrected chi connectivity index (χ0v) is 44.8. The van der Waals surface area contributed by atoms with Gasteiger partial charge in [-0.1, -0.05) is 54.6 Å². The summed E-state index contributed by atoms with van der Waals surface area (Å²) in [5, 5.41) is 4.56. The molecule has 12 rings (SSSR count). The van der Waals surface area contributed by atoms with E-state index in [4.69, 9.17) is 4.18 Å². The van der Waals surface area contributed by atoms with E-state index in [1.807, 2.05) is 73.2 Å². The van der Waals surface area contributed by atoms with Crippen LogP contribution in [0, 0.1) is 0 Å². The minimum Gasteiger partial charge on any atom is -0.361 e. The van der Waals surface area contributed by atoms with Crippen molar-refractivity contribution in [2.75, 3.05) is 12.9 Å². The molecule has 0 fully saturated rings. The molecule has 9 heterocycles. The molecule has 80 heavy (non-hydrogen) atoms. The number of hydrogen-bond acceptors (Lipinski definition) is 15. The predicted molar refractivity (Wildman–Crippen MR) is 304 cm³/mol. The fraction of sp³-hybridized carbons (Fsp3) is 0.236. The second-order valence-corrected chi connectivity index (χ2v) is 20.3. The van der Waals surface area contributed by atoms with Crippen molar-refractivity contribution in [2.24, 2.45) is 21.1 Å². The zero-order chi connectivity index (χ0) is 56.5. The molecule has 0 aliphatic carbocycles. The average Bonchev–Trinajstić information content (AvgIpc) is 4.28. The minimum absolute atomic E-state index is 0.234. The van der Waals surface area contributed by atoms with E-state index in [0.717, 1.165) is 42.1 Å². The van der Waals surface area contributed by atoms with Crippen molar-refractivity contribution in [2.45, 2.75) is 51.6 Å². The Morgan fingerprint density at radius 3 is 1.27 bits per heavy atom. The molecule has 0 bridgehead atoms. The van der Waals surface area contributed by atoms with Crippen LogP contribution in [0.2, 0.25) is 0 Å². The van der Waals surface area contributed by atoms with E-state index < -0.39 is 21.4 Å². The molecule has 0 aliphatic rings. The third kappa shape index (κ3) is 12.2. The second-order valence-electron chi connectivity index (χ2n) is 18.6. The number of benzene rings is 3. The Morgan fingerprint density at radius 1 is 0.487 bits per heavy atom. The highest BCUT2D eigenvalue weighted by Crippen LogP contribution is 2.21. The smallest absolute Gasteiger partial charge is 0.332 e. The molecule has 9 aromatic heterocycles. The maximum atomic E-state index is 12.6. The van der Waals surface area contributed by atoms with Crippen LogP contribution >= 0.6 is 0 Å². The van der Waals surface area contributed by atoms with E-state index in [0.29, 0.717) is 65.5 Å². The highest BCUT2D eigenvalue weighted by molar-refractivity contribution is 7.85. The third-order valence-corrected chi connectivity index (χ3v) is 13.9. The molecule has 410 valence electrons. The van der Waals surface area contributed by atoms with E-state index in [2.05, 4.69) is 68.0 Å². The maximum Gasteiger partial charge on any atom is 0.332 e. The van der Waals surface area contributed by atoms with Crippen LogP contribution < -0.4 is 33.7 Å². The van der Waals surface area contributed by atoms with E-state index in [1.165, 1.54) is 100 Å². The van der Waals surface area contributed by atoms with E-state index in [-0.39, 0.29) is 29.1 Å². The number of rotatable bonds is 13. The Labute approximate surface area is 453 Å². The van der Waals surface area contributed by atoms with Gasteiger partial charge in [0.25, 0.3) is 26.8 Å². The average molecular weight is 1100 g/mol. The highest BCUT2D eigenvalue weighted by atomic mass is 32.2. The van der Waals surface area contributed by atoms with Crippen molar-refractivity contribution in [3.8, 4) is 0 Å². The number of nitrogens with one attached hydrogen (secondary N) is 4. The molecular weight excluding hydrogens is 1050 g/mol. The van der Waals surface area contributed by atoms with Gasteiger partial charge in [-0.15, -0.1) is 0 Å². The molecule has 12 aromatic rings. The molecule has 0 amide bonds. The summed E-state index contributed by atoms with van der Waals surface area (Å²) < 4.78 is 32.8. The molecule has 0 atom stereocenters. The number of aryl methyl sites for hydroxylation is 6. The Hall–Kier alpha value is -9.75. The first-order valence-electron chi connectivity index (χ1n) is 25.3. The van der Waals surface area contributed by atoms with Gasteiger partial charge in [-0.25, -0.2) is 44.3 Å². The molecule has 24 nitrogen and oxygen atoms in total. The number of aromatic amines is 4. The number of aromatic nitrogens is 15. The number of H-pyrrole nitrogens is 4. The molecule has 0 unspecified atom stereocenters. The van der Waals surface area contributed by atoms with E-state index in [1.54, 1.807) is 14.1 Å². The van der Waals surface area contributed by atoms with Crippen LogP contribution in [0.1, 0.15) is 36.0 Å². The van der Waals surface area contributed by atoms with Crippen LogP contribution in [-0.2, 0) is 67.8 Å². The quantitative estimate of drug-likeness (QED) is 0.0924. The van der Waals surface area contributed by atoms with Gasteiger partial charge in [-0.2, -0.15) is 8.42 Å². The lowest BCUT2D eigenvalue weighted by atomic mass is 10.1. The number of fused-ring (bicyclic) bond motifs is 6. The molecule has 3 aromatic carbocycles. The predicted octanol–water partition coefficient (Wildman–Crippen LogP) is 4.30. The van der Waals surface area contributed by atoms with E-state index in [9.17, 15) is 37.2 Å². The van der Waals surface area contributed by atoms with Crippen molar-refractivity contribution in [1.82, 2.24) is 72.7 Å². The SMILES string of the molecule is CS(=O)(=O)OCCCc1c[nH]c2ccccc12.Cn1c(=O)[nH]c(=O)c2cncnc21.Cn1c(=O)n(CCCc2c[nH]c3ccccc23)c(=O)c2cncnc21.Cn1c(=O)n(CCCc2c[nH]c3ccccc23)c(=O)c2cncnc21. The first-order valence-corrected chi connectivity index (χ1v) is 27.1. The lowest BCUT2D eigenvalue weighted by Gasteiger charge is -2.09. The summed E-state index contributed by atoms with van der Waals surface area (Å²) in [5.41, 5.74) is 5.59. The highest BCUT2D eigenvalue weighted by Gasteiger charge is 2.15. The Balaban J connectivity index is 0.000000133. The molecular formula is C55H55N15O9S. The van der Waals surface area contributed by atoms with Crippen molar-refractivity contribution < 1.29 is 12.6 Å². The van der Waals surface area contributed by atoms with Gasteiger partial charge in [0.15, 0.2) is 16.9 Å². The zero-order valence-electron chi connectivity index (χ0n) is 44.0. The topological polar surface area (TPSA) is 311 Å². The van der Waals surface area contributed by atoms with Gasteiger partial charge < -0.3 is 15.0 Å². The fourth-order valence-electron chi connectivity index (χ4n) is 9.32. The second kappa shape index (κ2) is 24.3. The van der Waals surface area contributed by atoms with Crippen molar-refractivity contribution in [1.29, 1.82) is 0 Å². The number of hydrogen-bond donors (Lipinski definition) is 4. The van der Waals surface area contributed by atoms with Crippen LogP contribution in [-0.4, -0.2) is 94.0 Å². The lowest BCUT2D eigenvalue weighted by Crippen LogP contribution is -2.39. The summed E-state index contributed by atoms with van der Waals surface area (Å²) in [6.07, 6.45) is 19.7. The van der Waals surface area contributed by atoms with Gasteiger partial charge in [-0.05, 0) is 73.4 Å². The molecule has 0 saturated heterocycles. The molecule has 4 N–H and O–H groups in total. The first-order chi connectivity index (χ1) is 38.6. The first kappa shape index (κ1) is 55.0. The summed E-state index contributed by atoms with van der Waals surface area (Å²) in [4.78, 5) is 108. The fourth-order valence-corrected chi connectivity index (χ4v) is 9.74. The molecule has 0 saturated carbocycles. The van der Waals surface area contributed by atoms with Gasteiger partial charge in [0.2, 0.25) is 0 Å². The number of para-hydroxylation sites is 3.